The van der Waals surface area contributed by atoms with Gasteiger partial charge in [0, 0.05) is 6.04 Å². The lowest BCUT2D eigenvalue weighted by Gasteiger charge is -2.33. The first-order chi connectivity index (χ1) is 7.20. The van der Waals surface area contributed by atoms with Gasteiger partial charge in [-0.3, -0.25) is 4.90 Å². The minimum Gasteiger partial charge on any atom is -0.409 e. The van der Waals surface area contributed by atoms with Gasteiger partial charge < -0.3 is 16.0 Å². The summed E-state index contributed by atoms with van der Waals surface area (Å²) in [6.07, 6.45) is 4.43. The normalized spacial score (nSPS) is 27.3. The molecule has 0 aliphatic carbocycles. The van der Waals surface area contributed by atoms with E-state index in [-0.39, 0.29) is 24.5 Å². The number of hydrogen-bond donors (Lipinski definition) is 3. The Morgan fingerprint density at radius 1 is 1.53 bits per heavy atom. The van der Waals surface area contributed by atoms with Crippen molar-refractivity contribution in [2.24, 2.45) is 10.9 Å². The van der Waals surface area contributed by atoms with E-state index >= 15 is 0 Å². The van der Waals surface area contributed by atoms with Gasteiger partial charge in [0.1, 0.15) is 0 Å². The number of nitrogens with two attached hydrogens (primary N) is 1. The highest BCUT2D eigenvalue weighted by Gasteiger charge is 2.26. The van der Waals surface area contributed by atoms with Crippen LogP contribution >= 0.6 is 0 Å². The highest BCUT2D eigenvalue weighted by atomic mass is 16.4. The fraction of sp³-hybridized carbons (Fsp3) is 0.900. The van der Waals surface area contributed by atoms with Crippen LogP contribution in [0, 0.1) is 0 Å². The topological polar surface area (TPSA) is 82.1 Å². The van der Waals surface area contributed by atoms with Crippen LogP contribution in [0.1, 0.15) is 32.6 Å². The molecule has 0 aromatic rings. The Balaban J connectivity index is 2.69. The average Bonchev–Trinajstić information content (AvgIpc) is 2.51. The first kappa shape index (κ1) is 12.3. The zero-order chi connectivity index (χ0) is 11.3. The molecule has 0 aromatic carbocycles. The Bertz CT molecular complexity index is 221. The monoisotopic (exact) mass is 215 g/mol. The zero-order valence-corrected chi connectivity index (χ0v) is 9.26. The number of oxime groups is 1. The van der Waals surface area contributed by atoms with Crippen LogP contribution in [0.25, 0.3) is 0 Å². The molecule has 2 unspecified atom stereocenters. The third-order valence-electron chi connectivity index (χ3n) is 3.17. The van der Waals surface area contributed by atoms with Crippen molar-refractivity contribution in [2.75, 3.05) is 13.2 Å². The average molecular weight is 215 g/mol. The van der Waals surface area contributed by atoms with Crippen molar-refractivity contribution >= 4 is 5.84 Å². The molecule has 1 fully saturated rings. The second kappa shape index (κ2) is 5.92. The Morgan fingerprint density at radius 3 is 2.87 bits per heavy atom. The van der Waals surface area contributed by atoms with Crippen molar-refractivity contribution in [3.63, 3.8) is 0 Å². The summed E-state index contributed by atoms with van der Waals surface area (Å²) in [6, 6.07) is 0.0352. The molecule has 2 atom stereocenters. The Kier molecular flexibility index (Phi) is 4.84. The van der Waals surface area contributed by atoms with E-state index in [2.05, 4.69) is 10.1 Å². The lowest BCUT2D eigenvalue weighted by atomic mass is 10.1. The van der Waals surface area contributed by atoms with Gasteiger partial charge >= 0.3 is 0 Å². The molecule has 0 spiro atoms. The van der Waals surface area contributed by atoms with Gasteiger partial charge in [-0.25, -0.2) is 0 Å². The summed E-state index contributed by atoms with van der Waals surface area (Å²) in [6.45, 7) is 2.95. The lowest BCUT2D eigenvalue weighted by Crippen LogP contribution is -2.49. The molecule has 0 radical (unpaired) electrons. The largest absolute Gasteiger partial charge is 0.409 e. The predicted octanol–water partition coefficient (Wildman–Crippen LogP) is 0.358. The first-order valence-corrected chi connectivity index (χ1v) is 5.54. The van der Waals surface area contributed by atoms with E-state index in [0.717, 1.165) is 25.8 Å². The fourth-order valence-corrected chi connectivity index (χ4v) is 2.16. The summed E-state index contributed by atoms with van der Waals surface area (Å²) in [7, 11) is 0. The molecule has 1 aliphatic heterocycles. The Morgan fingerprint density at radius 2 is 2.27 bits per heavy atom. The molecular formula is C10H21N3O2. The smallest absolute Gasteiger partial charge is 0.156 e. The van der Waals surface area contributed by atoms with Crippen molar-refractivity contribution in [1.29, 1.82) is 0 Å². The van der Waals surface area contributed by atoms with E-state index in [4.69, 9.17) is 10.9 Å². The molecule has 0 bridgehead atoms. The minimum absolute atomic E-state index is 0.106. The van der Waals surface area contributed by atoms with Gasteiger partial charge in [0.2, 0.25) is 0 Å². The van der Waals surface area contributed by atoms with Crippen LogP contribution in [0.3, 0.4) is 0 Å². The maximum absolute atomic E-state index is 9.30. The van der Waals surface area contributed by atoms with Crippen molar-refractivity contribution < 1.29 is 10.3 Å². The number of likely N-dealkylation sites (tertiary alicyclic amines) is 1. The van der Waals surface area contributed by atoms with Gasteiger partial charge in [0.05, 0.1) is 12.6 Å². The third-order valence-corrected chi connectivity index (χ3v) is 3.17. The predicted molar refractivity (Wildman–Crippen MR) is 58.9 cm³/mol. The number of hydrogen-bond acceptors (Lipinski definition) is 4. The second-order valence-electron chi connectivity index (χ2n) is 4.12. The number of aliphatic hydroxyl groups excluding tert-OH is 1. The maximum Gasteiger partial charge on any atom is 0.156 e. The van der Waals surface area contributed by atoms with Gasteiger partial charge in [0.25, 0.3) is 0 Å². The van der Waals surface area contributed by atoms with Crippen molar-refractivity contribution in [2.45, 2.75) is 44.7 Å². The number of amidine groups is 1. The summed E-state index contributed by atoms with van der Waals surface area (Å²) in [4.78, 5) is 2.13. The molecule has 1 aliphatic rings. The molecule has 88 valence electrons. The van der Waals surface area contributed by atoms with Crippen molar-refractivity contribution in [1.82, 2.24) is 4.90 Å². The zero-order valence-electron chi connectivity index (χ0n) is 9.26. The fourth-order valence-electron chi connectivity index (χ4n) is 2.16. The summed E-state index contributed by atoms with van der Waals surface area (Å²) in [5.74, 6) is 0.218. The lowest BCUT2D eigenvalue weighted by molar-refractivity contribution is 0.111. The van der Waals surface area contributed by atoms with E-state index < -0.39 is 0 Å². The number of rotatable bonds is 3. The van der Waals surface area contributed by atoms with Crippen LogP contribution in [0.4, 0.5) is 0 Å². The van der Waals surface area contributed by atoms with Crippen LogP contribution in [0.15, 0.2) is 5.16 Å². The SMILES string of the molecule is CC(C(N)=NO)N1CCCCCC1CO. The van der Waals surface area contributed by atoms with Crippen molar-refractivity contribution in [3.05, 3.63) is 0 Å². The van der Waals surface area contributed by atoms with Gasteiger partial charge in [-0.2, -0.15) is 0 Å². The molecule has 5 nitrogen and oxygen atoms in total. The Hall–Kier alpha value is -0.810. The summed E-state index contributed by atoms with van der Waals surface area (Å²) >= 11 is 0. The molecule has 1 heterocycles. The molecule has 1 rings (SSSR count). The van der Waals surface area contributed by atoms with E-state index in [1.807, 2.05) is 6.92 Å². The van der Waals surface area contributed by atoms with Gasteiger partial charge in [0.15, 0.2) is 5.84 Å². The highest BCUT2D eigenvalue weighted by Crippen LogP contribution is 2.18. The van der Waals surface area contributed by atoms with Crippen LogP contribution in [-0.4, -0.2) is 46.3 Å². The van der Waals surface area contributed by atoms with E-state index in [1.54, 1.807) is 0 Å². The summed E-state index contributed by atoms with van der Waals surface area (Å²) in [5, 5.41) is 21.0. The second-order valence-corrected chi connectivity index (χ2v) is 4.12. The van der Waals surface area contributed by atoms with Crippen LogP contribution in [0.5, 0.6) is 0 Å². The molecule has 1 saturated heterocycles. The van der Waals surface area contributed by atoms with Crippen LogP contribution in [-0.2, 0) is 0 Å². The van der Waals surface area contributed by atoms with Crippen LogP contribution in [0.2, 0.25) is 0 Å². The Labute approximate surface area is 90.6 Å². The van der Waals surface area contributed by atoms with E-state index in [1.165, 1.54) is 6.42 Å². The van der Waals surface area contributed by atoms with Gasteiger partial charge in [-0.05, 0) is 26.3 Å². The maximum atomic E-state index is 9.30. The summed E-state index contributed by atoms with van der Waals surface area (Å²) in [5.41, 5.74) is 5.59. The first-order valence-electron chi connectivity index (χ1n) is 5.54. The van der Waals surface area contributed by atoms with Gasteiger partial charge in [-0.1, -0.05) is 18.0 Å². The highest BCUT2D eigenvalue weighted by molar-refractivity contribution is 5.84. The molecule has 4 N–H and O–H groups in total. The quantitative estimate of drug-likeness (QED) is 0.275. The molecule has 0 saturated carbocycles. The third kappa shape index (κ3) is 3.07. The molecule has 15 heavy (non-hydrogen) atoms. The number of aliphatic hydroxyl groups is 1. The number of nitrogens with zero attached hydrogens (tertiary/aromatic N) is 2. The van der Waals surface area contributed by atoms with Gasteiger partial charge in [-0.15, -0.1) is 0 Å². The van der Waals surface area contributed by atoms with Crippen molar-refractivity contribution in [3.8, 4) is 0 Å². The van der Waals surface area contributed by atoms with Crippen LogP contribution < -0.4 is 5.73 Å². The molecule has 0 aromatic heterocycles. The van der Waals surface area contributed by atoms with E-state index in [9.17, 15) is 5.11 Å². The van der Waals surface area contributed by atoms with E-state index in [0.29, 0.717) is 0 Å². The summed E-state index contributed by atoms with van der Waals surface area (Å²) < 4.78 is 0. The molecular weight excluding hydrogens is 194 g/mol. The molecule has 5 heteroatoms. The molecule has 0 amide bonds. The standard InChI is InChI=1S/C10H21N3O2/c1-8(10(11)12-15)13-6-4-2-3-5-9(13)7-14/h8-9,14-15H,2-7H2,1H3,(H2,11,12). The minimum atomic E-state index is -0.106.